The number of carbonyl (C=O) groups excluding carboxylic acids is 3. The van der Waals surface area contributed by atoms with E-state index in [1.54, 1.807) is 4.72 Å². The maximum atomic E-state index is 12.0. The van der Waals surface area contributed by atoms with E-state index < -0.39 is 26.9 Å². The zero-order valence-corrected chi connectivity index (χ0v) is 12.1. The second-order valence-corrected chi connectivity index (χ2v) is 5.79. The van der Waals surface area contributed by atoms with Crippen LogP contribution in [0.5, 0.6) is 0 Å². The number of rotatable bonds is 5. The molecule has 0 unspecified atom stereocenters. The van der Waals surface area contributed by atoms with Crippen LogP contribution in [0, 0.1) is 0 Å². The smallest absolute Gasteiger partial charge is 0.326 e. The zero-order chi connectivity index (χ0) is 16.2. The monoisotopic (exact) mass is 314 g/mol. The van der Waals surface area contributed by atoms with Crippen LogP contribution >= 0.6 is 0 Å². The van der Waals surface area contributed by atoms with Crippen molar-refractivity contribution in [1.82, 2.24) is 9.62 Å². The van der Waals surface area contributed by atoms with E-state index in [0.717, 1.165) is 6.07 Å². The number of benzene rings is 1. The Balaban J connectivity index is 3.49. The quantitative estimate of drug-likeness (QED) is 0.618. The van der Waals surface area contributed by atoms with Crippen LogP contribution in [0.1, 0.15) is 10.4 Å². The summed E-state index contributed by atoms with van der Waals surface area (Å²) in [6.07, 6.45) is 0.348. The molecule has 0 saturated carbocycles. The number of nitrogens with two attached hydrogens (primary N) is 1. The van der Waals surface area contributed by atoms with Crippen LogP contribution in [0.3, 0.4) is 0 Å². The maximum absolute atomic E-state index is 12.0. The predicted molar refractivity (Wildman–Crippen MR) is 74.1 cm³/mol. The fraction of sp³-hybridized carbons (Fsp3) is 0.182. The summed E-state index contributed by atoms with van der Waals surface area (Å²) in [5, 5.41) is 2.25. The van der Waals surface area contributed by atoms with Crippen LogP contribution in [-0.2, 0) is 14.8 Å². The van der Waals surface area contributed by atoms with E-state index in [-0.39, 0.29) is 11.3 Å². The van der Waals surface area contributed by atoms with Crippen molar-refractivity contribution in [2.24, 2.45) is 5.73 Å². The fourth-order valence-corrected chi connectivity index (χ4v) is 2.61. The van der Waals surface area contributed by atoms with Crippen LogP contribution < -0.4 is 15.8 Å². The summed E-state index contributed by atoms with van der Waals surface area (Å²) in [6.45, 7) is 0. The fourth-order valence-electron chi connectivity index (χ4n) is 1.51. The highest BCUT2D eigenvalue weighted by Crippen LogP contribution is 2.21. The number of carbonyl (C=O) groups is 3. The molecule has 4 amide bonds. The van der Waals surface area contributed by atoms with Gasteiger partial charge in [0.05, 0.1) is 5.56 Å². The second-order valence-electron chi connectivity index (χ2n) is 4.14. The molecular weight excluding hydrogens is 300 g/mol. The Morgan fingerprint density at radius 3 is 2.38 bits per heavy atom. The molecule has 0 bridgehead atoms. The Labute approximate surface area is 121 Å². The van der Waals surface area contributed by atoms with E-state index in [4.69, 9.17) is 5.73 Å². The molecule has 114 valence electrons. The predicted octanol–water partition coefficient (Wildman–Crippen LogP) is -0.686. The first-order chi connectivity index (χ1) is 9.69. The SMILES string of the molecule is CN(C)C(=O)c1ccc(NC=O)cc1S(=O)(=O)NC(N)=O. The summed E-state index contributed by atoms with van der Waals surface area (Å²) in [5.41, 5.74) is 4.78. The number of sulfonamides is 1. The van der Waals surface area contributed by atoms with Crippen molar-refractivity contribution in [3.63, 3.8) is 0 Å². The van der Waals surface area contributed by atoms with E-state index in [1.807, 2.05) is 0 Å². The zero-order valence-electron chi connectivity index (χ0n) is 11.3. The lowest BCUT2D eigenvalue weighted by atomic mass is 10.2. The van der Waals surface area contributed by atoms with Crippen molar-refractivity contribution < 1.29 is 22.8 Å². The Kier molecular flexibility index (Phi) is 4.87. The van der Waals surface area contributed by atoms with E-state index >= 15 is 0 Å². The van der Waals surface area contributed by atoms with Crippen LogP contribution in [0.4, 0.5) is 10.5 Å². The largest absolute Gasteiger partial charge is 0.351 e. The van der Waals surface area contributed by atoms with Gasteiger partial charge in [0.1, 0.15) is 4.90 Å². The summed E-state index contributed by atoms with van der Waals surface area (Å²) >= 11 is 0. The van der Waals surface area contributed by atoms with Crippen LogP contribution in [0.25, 0.3) is 0 Å². The number of hydrogen-bond acceptors (Lipinski definition) is 5. The lowest BCUT2D eigenvalue weighted by Crippen LogP contribution is -2.36. The third-order valence-electron chi connectivity index (χ3n) is 2.37. The highest BCUT2D eigenvalue weighted by atomic mass is 32.2. The Morgan fingerprint density at radius 1 is 1.29 bits per heavy atom. The standard InChI is InChI=1S/C11H14N4O5S/c1-15(2)10(17)8-4-3-7(13-6-16)5-9(8)21(19,20)14-11(12)18/h3-6H,1-2H3,(H,13,16)(H3,12,14,18). The molecule has 0 heterocycles. The third-order valence-corrected chi connectivity index (χ3v) is 3.75. The molecule has 1 rings (SSSR count). The molecule has 4 N–H and O–H groups in total. The highest BCUT2D eigenvalue weighted by molar-refractivity contribution is 7.90. The molecule has 0 fully saturated rings. The van der Waals surface area contributed by atoms with Crippen molar-refractivity contribution in [2.75, 3.05) is 19.4 Å². The number of urea groups is 1. The number of amides is 4. The van der Waals surface area contributed by atoms with E-state index in [9.17, 15) is 22.8 Å². The lowest BCUT2D eigenvalue weighted by Gasteiger charge is -2.15. The Hall–Kier alpha value is -2.62. The molecule has 0 saturated heterocycles. The molecule has 0 aromatic heterocycles. The van der Waals surface area contributed by atoms with Crippen molar-refractivity contribution >= 4 is 34.1 Å². The number of hydrogen-bond donors (Lipinski definition) is 3. The molecule has 0 aliphatic carbocycles. The van der Waals surface area contributed by atoms with Crippen LogP contribution in [0.15, 0.2) is 23.1 Å². The number of nitrogens with one attached hydrogen (secondary N) is 2. The van der Waals surface area contributed by atoms with Gasteiger partial charge in [-0.1, -0.05) is 0 Å². The topological polar surface area (TPSA) is 139 Å². The van der Waals surface area contributed by atoms with Gasteiger partial charge in [-0.2, -0.15) is 0 Å². The molecule has 0 atom stereocenters. The van der Waals surface area contributed by atoms with Crippen molar-refractivity contribution in [3.05, 3.63) is 23.8 Å². The average molecular weight is 314 g/mol. The van der Waals surface area contributed by atoms with Crippen molar-refractivity contribution in [3.8, 4) is 0 Å². The molecule has 0 spiro atoms. The average Bonchev–Trinajstić information content (AvgIpc) is 2.36. The first kappa shape index (κ1) is 16.4. The number of primary amides is 1. The van der Waals surface area contributed by atoms with Gasteiger partial charge < -0.3 is 16.0 Å². The van der Waals surface area contributed by atoms with Gasteiger partial charge in [0.2, 0.25) is 6.41 Å². The van der Waals surface area contributed by atoms with E-state index in [1.165, 1.54) is 31.1 Å². The van der Waals surface area contributed by atoms with Crippen molar-refractivity contribution in [1.29, 1.82) is 0 Å². The molecule has 0 aliphatic heterocycles. The molecule has 0 radical (unpaired) electrons. The summed E-state index contributed by atoms with van der Waals surface area (Å²) < 4.78 is 25.7. The summed E-state index contributed by atoms with van der Waals surface area (Å²) in [4.78, 5) is 33.9. The first-order valence-corrected chi connectivity index (χ1v) is 7.05. The normalized spacial score (nSPS) is 10.6. The summed E-state index contributed by atoms with van der Waals surface area (Å²) in [6, 6.07) is 2.35. The van der Waals surface area contributed by atoms with Gasteiger partial charge in [0, 0.05) is 19.8 Å². The minimum atomic E-state index is -4.34. The van der Waals surface area contributed by atoms with Gasteiger partial charge in [-0.3, -0.25) is 9.59 Å². The summed E-state index contributed by atoms with van der Waals surface area (Å²) in [5.74, 6) is -0.586. The number of anilines is 1. The molecule has 21 heavy (non-hydrogen) atoms. The minimum Gasteiger partial charge on any atom is -0.351 e. The second kappa shape index (κ2) is 6.22. The van der Waals surface area contributed by atoms with E-state index in [0.29, 0.717) is 6.41 Å². The van der Waals surface area contributed by atoms with Gasteiger partial charge in [0.25, 0.3) is 15.9 Å². The summed E-state index contributed by atoms with van der Waals surface area (Å²) in [7, 11) is -1.45. The number of nitrogens with zero attached hydrogens (tertiary/aromatic N) is 1. The van der Waals surface area contributed by atoms with Gasteiger partial charge >= 0.3 is 6.03 Å². The highest BCUT2D eigenvalue weighted by Gasteiger charge is 2.25. The Morgan fingerprint density at radius 2 is 1.90 bits per heavy atom. The van der Waals surface area contributed by atoms with Gasteiger partial charge in [0.15, 0.2) is 0 Å². The molecule has 1 aromatic rings. The molecule has 10 heteroatoms. The van der Waals surface area contributed by atoms with Crippen LogP contribution in [0.2, 0.25) is 0 Å². The first-order valence-electron chi connectivity index (χ1n) is 5.57. The van der Waals surface area contributed by atoms with E-state index in [2.05, 4.69) is 5.32 Å². The third kappa shape index (κ3) is 3.92. The Bertz CT molecular complexity index is 684. The van der Waals surface area contributed by atoms with Crippen molar-refractivity contribution in [2.45, 2.75) is 4.90 Å². The molecule has 0 aliphatic rings. The molecule has 9 nitrogen and oxygen atoms in total. The van der Waals surface area contributed by atoms with Gasteiger partial charge in [-0.25, -0.2) is 17.9 Å². The molecular formula is C11H14N4O5S. The van der Waals surface area contributed by atoms with Crippen LogP contribution in [-0.4, -0.2) is 45.8 Å². The lowest BCUT2D eigenvalue weighted by molar-refractivity contribution is -0.105. The molecule has 1 aromatic carbocycles. The van der Waals surface area contributed by atoms with Gasteiger partial charge in [-0.05, 0) is 18.2 Å². The maximum Gasteiger partial charge on any atom is 0.326 e. The minimum absolute atomic E-state index is 0.144. The van der Waals surface area contributed by atoms with Gasteiger partial charge in [-0.15, -0.1) is 0 Å².